The summed E-state index contributed by atoms with van der Waals surface area (Å²) in [4.78, 5) is 20.7. The Balaban J connectivity index is 2.26. The lowest BCUT2D eigenvalue weighted by Crippen LogP contribution is -2.04. The summed E-state index contributed by atoms with van der Waals surface area (Å²) in [5.41, 5.74) is 3.81. The molecule has 0 saturated carbocycles. The van der Waals surface area contributed by atoms with Gasteiger partial charge in [0, 0.05) is 18.0 Å². The number of esters is 1. The molecule has 0 aromatic carbocycles. The Bertz CT molecular complexity index is 803. The van der Waals surface area contributed by atoms with Gasteiger partial charge in [-0.2, -0.15) is 0 Å². The molecule has 0 bridgehead atoms. The fourth-order valence-electron chi connectivity index (χ4n) is 2.51. The third-order valence-electron chi connectivity index (χ3n) is 3.55. The Kier molecular flexibility index (Phi) is 3.98. The third-order valence-corrected chi connectivity index (χ3v) is 4.77. The van der Waals surface area contributed by atoms with E-state index in [2.05, 4.69) is 23.8 Å². The van der Waals surface area contributed by atoms with Crippen LogP contribution in [-0.2, 0) is 4.74 Å². The average molecular weight is 314 g/mol. The van der Waals surface area contributed by atoms with Gasteiger partial charge >= 0.3 is 5.97 Å². The first-order chi connectivity index (χ1) is 10.6. The third kappa shape index (κ3) is 2.41. The van der Waals surface area contributed by atoms with Crippen LogP contribution in [0.2, 0.25) is 0 Å². The molecular weight excluding hydrogens is 296 g/mol. The van der Waals surface area contributed by atoms with Crippen LogP contribution >= 0.6 is 11.3 Å². The van der Waals surface area contributed by atoms with Gasteiger partial charge in [-0.25, -0.2) is 4.79 Å². The number of ether oxygens (including phenoxy) is 1. The van der Waals surface area contributed by atoms with Crippen molar-refractivity contribution in [3.05, 3.63) is 41.0 Å². The van der Waals surface area contributed by atoms with Crippen LogP contribution in [0.25, 0.3) is 21.5 Å². The summed E-state index contributed by atoms with van der Waals surface area (Å²) in [6.07, 6.45) is 3.76. The quantitative estimate of drug-likeness (QED) is 0.716. The fraction of sp³-hybridized carbons (Fsp3) is 0.294. The highest BCUT2D eigenvalue weighted by atomic mass is 32.1. The lowest BCUT2D eigenvalue weighted by Gasteiger charge is -2.03. The van der Waals surface area contributed by atoms with Crippen LogP contribution in [0.4, 0.5) is 0 Å². The number of hydrogen-bond donors (Lipinski definition) is 1. The lowest BCUT2D eigenvalue weighted by atomic mass is 10.1. The van der Waals surface area contributed by atoms with Crippen molar-refractivity contribution in [2.24, 2.45) is 0 Å². The summed E-state index contributed by atoms with van der Waals surface area (Å²) in [6, 6.07) is 5.71. The normalized spacial score (nSPS) is 11.3. The van der Waals surface area contributed by atoms with Crippen molar-refractivity contribution in [2.75, 3.05) is 6.61 Å². The standard InChI is InChI=1S/C17H18N2O2S/c1-4-21-17(20)16-13(12-7-5-6-8-18-12)14-15(22-16)11(9-19-14)10(2)3/h5-10,19H,4H2,1-3H3. The maximum Gasteiger partial charge on any atom is 0.349 e. The van der Waals surface area contributed by atoms with Gasteiger partial charge in [-0.3, -0.25) is 4.98 Å². The number of carbonyl (C=O) groups is 1. The zero-order valence-corrected chi connectivity index (χ0v) is 13.7. The first-order valence-corrected chi connectivity index (χ1v) is 8.17. The first-order valence-electron chi connectivity index (χ1n) is 7.35. The maximum absolute atomic E-state index is 12.3. The number of thiophene rings is 1. The molecule has 3 heterocycles. The van der Waals surface area contributed by atoms with Crippen LogP contribution < -0.4 is 0 Å². The number of carbonyl (C=O) groups excluding carboxylic acids is 1. The van der Waals surface area contributed by atoms with Gasteiger partial charge in [0.1, 0.15) is 4.88 Å². The molecule has 5 heteroatoms. The average Bonchev–Trinajstić information content (AvgIpc) is 3.06. The summed E-state index contributed by atoms with van der Waals surface area (Å²) in [7, 11) is 0. The van der Waals surface area contributed by atoms with Crippen molar-refractivity contribution >= 4 is 27.5 Å². The lowest BCUT2D eigenvalue weighted by molar-refractivity contribution is 0.0533. The zero-order chi connectivity index (χ0) is 15.7. The highest BCUT2D eigenvalue weighted by Gasteiger charge is 2.24. The van der Waals surface area contributed by atoms with E-state index in [9.17, 15) is 4.79 Å². The minimum atomic E-state index is -0.285. The molecule has 0 aliphatic rings. The predicted molar refractivity (Wildman–Crippen MR) is 89.5 cm³/mol. The van der Waals surface area contributed by atoms with Crippen LogP contribution in [0, 0.1) is 0 Å². The van der Waals surface area contributed by atoms with E-state index in [0.29, 0.717) is 17.4 Å². The second-order valence-electron chi connectivity index (χ2n) is 5.34. The van der Waals surface area contributed by atoms with E-state index in [1.807, 2.05) is 31.3 Å². The molecule has 3 rings (SSSR count). The number of nitrogens with one attached hydrogen (secondary N) is 1. The topological polar surface area (TPSA) is 55.0 Å². The van der Waals surface area contributed by atoms with Crippen molar-refractivity contribution in [2.45, 2.75) is 26.7 Å². The molecule has 0 atom stereocenters. The largest absolute Gasteiger partial charge is 0.462 e. The SMILES string of the molecule is CCOC(=O)c1sc2c(C(C)C)c[nH]c2c1-c1ccccn1. The van der Waals surface area contributed by atoms with E-state index >= 15 is 0 Å². The Morgan fingerprint density at radius 1 is 1.41 bits per heavy atom. The molecule has 0 aliphatic heterocycles. The Labute approximate surface area is 133 Å². The molecule has 0 unspecified atom stereocenters. The van der Waals surface area contributed by atoms with E-state index in [4.69, 9.17) is 4.74 Å². The minimum Gasteiger partial charge on any atom is -0.462 e. The Morgan fingerprint density at radius 2 is 2.23 bits per heavy atom. The van der Waals surface area contributed by atoms with Crippen LogP contribution in [0.3, 0.4) is 0 Å². The molecule has 0 spiro atoms. The summed E-state index contributed by atoms with van der Waals surface area (Å²) in [5.74, 6) is 0.103. The van der Waals surface area contributed by atoms with E-state index in [0.717, 1.165) is 21.5 Å². The summed E-state index contributed by atoms with van der Waals surface area (Å²) in [6.45, 7) is 6.47. The van der Waals surface area contributed by atoms with E-state index in [1.54, 1.807) is 6.20 Å². The number of nitrogens with zero attached hydrogens (tertiary/aromatic N) is 1. The van der Waals surface area contributed by atoms with Crippen molar-refractivity contribution in [1.29, 1.82) is 0 Å². The number of pyridine rings is 1. The molecule has 0 aliphatic carbocycles. The van der Waals surface area contributed by atoms with Gasteiger partial charge in [0.2, 0.25) is 0 Å². The molecule has 22 heavy (non-hydrogen) atoms. The van der Waals surface area contributed by atoms with E-state index < -0.39 is 0 Å². The van der Waals surface area contributed by atoms with Gasteiger partial charge in [-0.05, 0) is 30.5 Å². The molecule has 0 amide bonds. The summed E-state index contributed by atoms with van der Waals surface area (Å²) < 4.78 is 6.33. The van der Waals surface area contributed by atoms with Gasteiger partial charge in [-0.1, -0.05) is 19.9 Å². The smallest absolute Gasteiger partial charge is 0.349 e. The van der Waals surface area contributed by atoms with Gasteiger partial charge < -0.3 is 9.72 Å². The number of H-pyrrole nitrogens is 1. The van der Waals surface area contributed by atoms with Crippen LogP contribution in [0.15, 0.2) is 30.6 Å². The monoisotopic (exact) mass is 314 g/mol. The van der Waals surface area contributed by atoms with Crippen LogP contribution in [0.5, 0.6) is 0 Å². The molecule has 1 N–H and O–H groups in total. The number of fused-ring (bicyclic) bond motifs is 1. The molecular formula is C17H18N2O2S. The number of hydrogen-bond acceptors (Lipinski definition) is 4. The molecule has 3 aromatic rings. The molecule has 0 radical (unpaired) electrons. The molecule has 4 nitrogen and oxygen atoms in total. The summed E-state index contributed by atoms with van der Waals surface area (Å²) >= 11 is 1.48. The Morgan fingerprint density at radius 3 is 2.86 bits per heavy atom. The van der Waals surface area contributed by atoms with Gasteiger partial charge in [0.25, 0.3) is 0 Å². The van der Waals surface area contributed by atoms with E-state index in [1.165, 1.54) is 16.9 Å². The second-order valence-corrected chi connectivity index (χ2v) is 6.37. The fourth-order valence-corrected chi connectivity index (χ4v) is 3.84. The summed E-state index contributed by atoms with van der Waals surface area (Å²) in [5, 5.41) is 0. The van der Waals surface area contributed by atoms with Crippen molar-refractivity contribution in [3.63, 3.8) is 0 Å². The van der Waals surface area contributed by atoms with Crippen LogP contribution in [-0.4, -0.2) is 22.5 Å². The first kappa shape index (κ1) is 14.8. The zero-order valence-electron chi connectivity index (χ0n) is 12.8. The highest BCUT2D eigenvalue weighted by Crippen LogP contribution is 2.41. The molecule has 114 valence electrons. The molecule has 0 fully saturated rings. The molecule has 0 saturated heterocycles. The Hall–Kier alpha value is -2.14. The molecule has 3 aromatic heterocycles. The second kappa shape index (κ2) is 5.93. The highest BCUT2D eigenvalue weighted by molar-refractivity contribution is 7.21. The van der Waals surface area contributed by atoms with Crippen molar-refractivity contribution < 1.29 is 9.53 Å². The van der Waals surface area contributed by atoms with Gasteiger partial charge in [0.15, 0.2) is 0 Å². The van der Waals surface area contributed by atoms with Gasteiger partial charge in [0.05, 0.1) is 22.5 Å². The maximum atomic E-state index is 12.3. The van der Waals surface area contributed by atoms with Crippen molar-refractivity contribution in [1.82, 2.24) is 9.97 Å². The number of aromatic nitrogens is 2. The minimum absolute atomic E-state index is 0.285. The number of aromatic amines is 1. The van der Waals surface area contributed by atoms with Gasteiger partial charge in [-0.15, -0.1) is 11.3 Å². The van der Waals surface area contributed by atoms with Crippen molar-refractivity contribution in [3.8, 4) is 11.3 Å². The van der Waals surface area contributed by atoms with E-state index in [-0.39, 0.29) is 5.97 Å². The predicted octanol–water partition coefficient (Wildman–Crippen LogP) is 4.59. The number of rotatable bonds is 4. The van der Waals surface area contributed by atoms with Crippen LogP contribution in [0.1, 0.15) is 41.9 Å².